The van der Waals surface area contributed by atoms with Crippen molar-refractivity contribution in [2.75, 3.05) is 0 Å². The first-order valence-corrected chi connectivity index (χ1v) is 30.0. The molecule has 6 aromatic heterocycles. The summed E-state index contributed by atoms with van der Waals surface area (Å²) >= 11 is 0. The molecule has 0 amide bonds. The minimum atomic E-state index is -5.05. The number of nitrogens with zero attached hydrogens (tertiary/aromatic N) is 6. The lowest BCUT2D eigenvalue weighted by atomic mass is 9.96. The zero-order valence-electron chi connectivity index (χ0n) is 48.9. The molecule has 0 saturated carbocycles. The van der Waals surface area contributed by atoms with E-state index >= 15 is 22.0 Å². The minimum absolute atomic E-state index is 0.145. The maximum Gasteiger partial charge on any atom is 0.417 e. The van der Waals surface area contributed by atoms with E-state index in [1.54, 1.807) is 24.8 Å². The highest BCUT2D eigenvalue weighted by Crippen LogP contribution is 2.47. The smallest absolute Gasteiger partial charge is 0.307 e. The zero-order valence-corrected chi connectivity index (χ0v) is 48.9. The largest absolute Gasteiger partial charge is 0.417 e. The molecule has 0 N–H and O–H groups in total. The molecule has 0 spiro atoms. The molecular weight excluding hydrogens is 1150 g/mol. The molecule has 0 radical (unpaired) electrons. The van der Waals surface area contributed by atoms with E-state index in [1.807, 2.05) is 240 Å². The van der Waals surface area contributed by atoms with E-state index in [-0.39, 0.29) is 11.3 Å². The second-order valence-electron chi connectivity index (χ2n) is 22.8. The van der Waals surface area contributed by atoms with E-state index in [4.69, 9.17) is 19.9 Å². The van der Waals surface area contributed by atoms with Gasteiger partial charge in [-0.2, -0.15) is 13.2 Å². The van der Waals surface area contributed by atoms with Gasteiger partial charge in [-0.3, -0.25) is 19.9 Å². The zero-order chi connectivity index (χ0) is 62.0. The van der Waals surface area contributed by atoms with Gasteiger partial charge in [-0.05, 0) is 153 Å². The van der Waals surface area contributed by atoms with Crippen molar-refractivity contribution in [2.24, 2.45) is 0 Å². The number of rotatable bonds is 11. The Balaban J connectivity index is 1.03. The van der Waals surface area contributed by atoms with Crippen molar-refractivity contribution in [3.63, 3.8) is 0 Å². The molecule has 11 heteroatoms. The van der Waals surface area contributed by atoms with Crippen LogP contribution in [0.25, 0.3) is 156 Å². The summed E-state index contributed by atoms with van der Waals surface area (Å²) in [6, 6.07) is 85.0. The van der Waals surface area contributed by atoms with Crippen molar-refractivity contribution in [3.8, 4) is 112 Å². The van der Waals surface area contributed by atoms with Crippen LogP contribution in [0.2, 0.25) is 0 Å². The Morgan fingerprint density at radius 1 is 0.250 bits per heavy atom. The Morgan fingerprint density at radius 3 is 0.826 bits per heavy atom. The molecule has 16 aromatic rings. The first kappa shape index (κ1) is 55.4. The molecular formula is C81H49F5N6. The fourth-order valence-electron chi connectivity index (χ4n) is 12.9. The van der Waals surface area contributed by atoms with Crippen LogP contribution in [0.3, 0.4) is 0 Å². The molecule has 438 valence electrons. The maximum absolute atomic E-state index is 16.7. The number of fused-ring (bicyclic) bond motifs is 6. The summed E-state index contributed by atoms with van der Waals surface area (Å²) in [5, 5.41) is 3.16. The average molecular weight is 1200 g/mol. The van der Waals surface area contributed by atoms with Crippen LogP contribution in [0, 0.1) is 11.6 Å². The molecule has 0 bridgehead atoms. The third kappa shape index (κ3) is 10.1. The van der Waals surface area contributed by atoms with Crippen LogP contribution in [0.15, 0.2) is 298 Å². The van der Waals surface area contributed by atoms with Gasteiger partial charge >= 0.3 is 6.18 Å². The summed E-state index contributed by atoms with van der Waals surface area (Å²) in [4.78, 5) is 19.0. The van der Waals surface area contributed by atoms with E-state index in [9.17, 15) is 0 Å². The average Bonchev–Trinajstić information content (AvgIpc) is 1.54. The highest BCUT2D eigenvalue weighted by Gasteiger charge is 2.37. The number of alkyl halides is 3. The number of hydrogen-bond acceptors (Lipinski definition) is 4. The Morgan fingerprint density at radius 2 is 0.533 bits per heavy atom. The lowest BCUT2D eigenvalue weighted by Gasteiger charge is -2.22. The molecule has 0 aliphatic rings. The van der Waals surface area contributed by atoms with Gasteiger partial charge in [0, 0.05) is 74.7 Å². The van der Waals surface area contributed by atoms with Crippen LogP contribution >= 0.6 is 0 Å². The second kappa shape index (κ2) is 22.6. The molecule has 92 heavy (non-hydrogen) atoms. The van der Waals surface area contributed by atoms with Crippen molar-refractivity contribution < 1.29 is 22.0 Å². The molecule has 10 aromatic carbocycles. The Hall–Kier alpha value is -12.0. The van der Waals surface area contributed by atoms with E-state index < -0.39 is 28.9 Å². The maximum atomic E-state index is 16.7. The van der Waals surface area contributed by atoms with Crippen LogP contribution in [0.5, 0.6) is 0 Å². The fraction of sp³-hybridized carbons (Fsp3) is 0.0123. The first-order valence-electron chi connectivity index (χ1n) is 30.0. The predicted molar refractivity (Wildman–Crippen MR) is 360 cm³/mol. The minimum Gasteiger partial charge on any atom is -0.307 e. The standard InChI is InChI=1S/C81H49F5N6/c82-63-37-62(38-64(83)47-63)69-48-79(91-75-43-54(58-29-33-87-71(39-58)50-13-5-1-6-14-50)21-25-65(75)66-26-22-55(44-76(66)91)59-30-34-88-72(40-59)51-15-7-2-8-16-51)80(49-70(69)81(84,85)86)92-77-45-56(60-31-35-89-73(41-60)52-17-9-3-10-18-52)23-27-67(77)68-28-24-57(46-78(68)92)61-32-36-90-74(42-61)53-19-11-4-12-20-53/h1-49H. The third-order valence-corrected chi connectivity index (χ3v) is 17.3. The van der Waals surface area contributed by atoms with Gasteiger partial charge in [0.1, 0.15) is 11.6 Å². The van der Waals surface area contributed by atoms with Crippen LogP contribution < -0.4 is 0 Å². The van der Waals surface area contributed by atoms with Gasteiger partial charge in [-0.15, -0.1) is 0 Å². The molecule has 0 saturated heterocycles. The van der Waals surface area contributed by atoms with Crippen LogP contribution in [-0.4, -0.2) is 29.1 Å². The van der Waals surface area contributed by atoms with Gasteiger partial charge < -0.3 is 9.13 Å². The number of aromatic nitrogens is 6. The summed E-state index contributed by atoms with van der Waals surface area (Å²) < 4.78 is 85.3. The summed E-state index contributed by atoms with van der Waals surface area (Å²) in [5.41, 5.74) is 14.5. The Labute approximate surface area is 525 Å². The van der Waals surface area contributed by atoms with E-state index in [0.717, 1.165) is 129 Å². The van der Waals surface area contributed by atoms with Gasteiger partial charge in [0.05, 0.1) is 61.8 Å². The number of pyridine rings is 4. The summed E-state index contributed by atoms with van der Waals surface area (Å²) in [7, 11) is 0. The SMILES string of the molecule is Fc1cc(F)cc(-c2cc(-n3c4cc(-c5ccnc(-c6ccccc6)c5)ccc4c4ccc(-c5ccnc(-c6ccccc6)c5)cc43)c(-n3c4cc(-c5ccnc(-c6ccccc6)c5)ccc4c4ccc(-c5ccnc(-c6ccccc6)c5)cc43)cc2C(F)(F)F)c1. The van der Waals surface area contributed by atoms with Gasteiger partial charge in [0.2, 0.25) is 0 Å². The molecule has 6 heterocycles. The second-order valence-corrected chi connectivity index (χ2v) is 22.8. The Bertz CT molecular complexity index is 5230. The molecule has 6 nitrogen and oxygen atoms in total. The first-order chi connectivity index (χ1) is 45.0. The summed E-state index contributed by atoms with van der Waals surface area (Å²) in [6.45, 7) is 0. The number of benzene rings is 10. The van der Waals surface area contributed by atoms with E-state index in [0.29, 0.717) is 33.8 Å². The van der Waals surface area contributed by atoms with Gasteiger partial charge in [-0.1, -0.05) is 170 Å². The quantitative estimate of drug-likeness (QED) is 0.121. The Kier molecular flexibility index (Phi) is 13.6. The molecule has 0 aliphatic carbocycles. The van der Waals surface area contributed by atoms with Crippen molar-refractivity contribution in [3.05, 3.63) is 315 Å². The van der Waals surface area contributed by atoms with Gasteiger partial charge in [0.15, 0.2) is 0 Å². The van der Waals surface area contributed by atoms with Crippen LogP contribution in [0.4, 0.5) is 22.0 Å². The van der Waals surface area contributed by atoms with Crippen molar-refractivity contribution in [2.45, 2.75) is 6.18 Å². The number of hydrogen-bond donors (Lipinski definition) is 0. The van der Waals surface area contributed by atoms with Gasteiger partial charge in [0.25, 0.3) is 0 Å². The topological polar surface area (TPSA) is 61.4 Å². The summed E-state index contributed by atoms with van der Waals surface area (Å²) in [5.74, 6) is -2.05. The monoisotopic (exact) mass is 1200 g/mol. The molecule has 0 atom stereocenters. The lowest BCUT2D eigenvalue weighted by molar-refractivity contribution is -0.137. The van der Waals surface area contributed by atoms with Crippen LogP contribution in [-0.2, 0) is 6.18 Å². The third-order valence-electron chi connectivity index (χ3n) is 17.3. The van der Waals surface area contributed by atoms with Crippen molar-refractivity contribution >= 4 is 43.6 Å². The van der Waals surface area contributed by atoms with Crippen molar-refractivity contribution in [1.29, 1.82) is 0 Å². The molecule has 0 fully saturated rings. The predicted octanol–water partition coefficient (Wildman–Crippen LogP) is 21.8. The highest BCUT2D eigenvalue weighted by molar-refractivity contribution is 6.14. The van der Waals surface area contributed by atoms with E-state index in [2.05, 4.69) is 12.1 Å². The molecule has 0 aliphatic heterocycles. The normalized spacial score (nSPS) is 11.8. The number of halogens is 5. The lowest BCUT2D eigenvalue weighted by Crippen LogP contribution is -2.12. The van der Waals surface area contributed by atoms with Gasteiger partial charge in [-0.25, -0.2) is 8.78 Å². The molecule has 16 rings (SSSR count). The highest BCUT2D eigenvalue weighted by atomic mass is 19.4. The fourth-order valence-corrected chi connectivity index (χ4v) is 12.9. The van der Waals surface area contributed by atoms with E-state index in [1.165, 1.54) is 6.07 Å². The van der Waals surface area contributed by atoms with Crippen LogP contribution in [0.1, 0.15) is 5.56 Å². The summed E-state index contributed by atoms with van der Waals surface area (Å²) in [6.07, 6.45) is 2.02. The van der Waals surface area contributed by atoms with Crippen molar-refractivity contribution in [1.82, 2.24) is 29.1 Å². The molecule has 0 unspecified atom stereocenters.